The molecular weight excluding hydrogens is 190 g/mol. The summed E-state index contributed by atoms with van der Waals surface area (Å²) in [4.78, 5) is 16.4. The van der Waals surface area contributed by atoms with Crippen molar-refractivity contribution in [3.63, 3.8) is 0 Å². The predicted octanol–water partition coefficient (Wildman–Crippen LogP) is -0.0991. The first-order chi connectivity index (χ1) is 7.18. The van der Waals surface area contributed by atoms with E-state index in [0.717, 1.165) is 19.6 Å². The molecule has 0 aliphatic carbocycles. The van der Waals surface area contributed by atoms with Crippen LogP contribution in [-0.2, 0) is 4.79 Å². The van der Waals surface area contributed by atoms with Crippen LogP contribution in [0.5, 0.6) is 0 Å². The van der Waals surface area contributed by atoms with Gasteiger partial charge in [0.15, 0.2) is 0 Å². The van der Waals surface area contributed by atoms with E-state index < -0.39 is 0 Å². The van der Waals surface area contributed by atoms with E-state index in [4.69, 9.17) is 0 Å². The Balaban J connectivity index is 1.99. The van der Waals surface area contributed by atoms with Gasteiger partial charge in [0.2, 0.25) is 5.91 Å². The van der Waals surface area contributed by atoms with Gasteiger partial charge in [0, 0.05) is 25.7 Å². The number of carbonyl (C=O) groups excluding carboxylic acids is 1. The normalized spacial score (nSPS) is 34.5. The van der Waals surface area contributed by atoms with E-state index in [9.17, 15) is 4.79 Å². The van der Waals surface area contributed by atoms with Gasteiger partial charge < -0.3 is 15.1 Å². The summed E-state index contributed by atoms with van der Waals surface area (Å²) in [5, 5.41) is 3.21. The minimum atomic E-state index is 0.00554. The summed E-state index contributed by atoms with van der Waals surface area (Å²) in [6, 6.07) is 0.451. The second-order valence-corrected chi connectivity index (χ2v) is 4.77. The highest BCUT2D eigenvalue weighted by molar-refractivity contribution is 5.82. The van der Waals surface area contributed by atoms with Gasteiger partial charge in [-0.1, -0.05) is 0 Å². The van der Waals surface area contributed by atoms with Crippen molar-refractivity contribution in [2.75, 3.05) is 33.2 Å². The van der Waals surface area contributed by atoms with E-state index in [2.05, 4.69) is 22.2 Å². The van der Waals surface area contributed by atoms with Crippen molar-refractivity contribution in [3.8, 4) is 0 Å². The lowest BCUT2D eigenvalue weighted by Crippen LogP contribution is -2.59. The Morgan fingerprint density at radius 2 is 2.20 bits per heavy atom. The molecule has 0 bridgehead atoms. The van der Waals surface area contributed by atoms with Gasteiger partial charge in [-0.2, -0.15) is 0 Å². The minimum Gasteiger partial charge on any atom is -0.336 e. The number of piperazine rings is 1. The van der Waals surface area contributed by atoms with Gasteiger partial charge in [0.1, 0.15) is 0 Å². The van der Waals surface area contributed by atoms with E-state index in [-0.39, 0.29) is 11.9 Å². The summed E-state index contributed by atoms with van der Waals surface area (Å²) in [6.07, 6.45) is 2.38. The maximum absolute atomic E-state index is 12.0. The molecular formula is C11H21N3O. The molecule has 86 valence electrons. The van der Waals surface area contributed by atoms with Gasteiger partial charge in [-0.3, -0.25) is 4.79 Å². The fraction of sp³-hybridized carbons (Fsp3) is 0.909. The summed E-state index contributed by atoms with van der Waals surface area (Å²) >= 11 is 0. The molecule has 2 saturated heterocycles. The second kappa shape index (κ2) is 4.49. The second-order valence-electron chi connectivity index (χ2n) is 4.77. The molecule has 2 atom stereocenters. The molecule has 2 unspecified atom stereocenters. The van der Waals surface area contributed by atoms with E-state index >= 15 is 0 Å². The Bertz CT molecular complexity index is 244. The number of hydrogen-bond acceptors (Lipinski definition) is 3. The number of piperidine rings is 1. The van der Waals surface area contributed by atoms with Crippen molar-refractivity contribution in [3.05, 3.63) is 0 Å². The molecule has 0 spiro atoms. The zero-order valence-electron chi connectivity index (χ0n) is 9.70. The first kappa shape index (κ1) is 10.9. The summed E-state index contributed by atoms with van der Waals surface area (Å²) in [7, 11) is 2.14. The van der Waals surface area contributed by atoms with Crippen LogP contribution in [0, 0.1) is 0 Å². The molecule has 2 fully saturated rings. The molecule has 2 aliphatic heterocycles. The zero-order valence-corrected chi connectivity index (χ0v) is 9.70. The average molecular weight is 211 g/mol. The third-order valence-electron chi connectivity index (χ3n) is 3.50. The summed E-state index contributed by atoms with van der Waals surface area (Å²) < 4.78 is 0. The van der Waals surface area contributed by atoms with E-state index in [1.54, 1.807) is 0 Å². The molecule has 1 N–H and O–H groups in total. The van der Waals surface area contributed by atoms with Crippen molar-refractivity contribution in [2.45, 2.75) is 31.8 Å². The van der Waals surface area contributed by atoms with Crippen LogP contribution < -0.4 is 5.32 Å². The number of hydrogen-bond donors (Lipinski definition) is 1. The lowest BCUT2D eigenvalue weighted by atomic mass is 10.0. The smallest absolute Gasteiger partial charge is 0.239 e. The van der Waals surface area contributed by atoms with Gasteiger partial charge >= 0.3 is 0 Å². The van der Waals surface area contributed by atoms with E-state index in [1.807, 2.05) is 6.92 Å². The number of likely N-dealkylation sites (tertiary alicyclic amines) is 1. The molecule has 2 heterocycles. The van der Waals surface area contributed by atoms with Crippen LogP contribution in [0.3, 0.4) is 0 Å². The lowest BCUT2D eigenvalue weighted by molar-refractivity contribution is -0.138. The quantitative estimate of drug-likeness (QED) is 0.658. The fourth-order valence-electron chi connectivity index (χ4n) is 2.60. The maximum Gasteiger partial charge on any atom is 0.239 e. The van der Waals surface area contributed by atoms with Crippen molar-refractivity contribution in [1.82, 2.24) is 15.1 Å². The Hall–Kier alpha value is -0.610. The highest BCUT2D eigenvalue weighted by Gasteiger charge is 2.32. The molecule has 0 aromatic carbocycles. The van der Waals surface area contributed by atoms with E-state index in [1.165, 1.54) is 19.4 Å². The molecule has 0 radical (unpaired) electrons. The summed E-state index contributed by atoms with van der Waals surface area (Å²) in [5.74, 6) is 0.279. The largest absolute Gasteiger partial charge is 0.336 e. The molecule has 0 aromatic heterocycles. The Kier molecular flexibility index (Phi) is 3.26. The standard InChI is InChI=1S/C11H21N3O/c1-9-11(15)14(7-5-12-9)10-4-3-6-13(2)8-10/h9-10,12H,3-8H2,1-2H3. The van der Waals surface area contributed by atoms with Crippen LogP contribution in [0.2, 0.25) is 0 Å². The number of amides is 1. The lowest BCUT2D eigenvalue weighted by Gasteiger charge is -2.41. The number of nitrogens with zero attached hydrogens (tertiary/aromatic N) is 2. The Morgan fingerprint density at radius 3 is 2.93 bits per heavy atom. The minimum absolute atomic E-state index is 0.00554. The average Bonchev–Trinajstić information content (AvgIpc) is 2.22. The number of likely N-dealkylation sites (N-methyl/N-ethyl adjacent to an activating group) is 1. The predicted molar refractivity (Wildman–Crippen MR) is 59.7 cm³/mol. The molecule has 15 heavy (non-hydrogen) atoms. The van der Waals surface area contributed by atoms with Gasteiger partial charge in [-0.15, -0.1) is 0 Å². The van der Waals surface area contributed by atoms with Crippen LogP contribution in [0.4, 0.5) is 0 Å². The third-order valence-corrected chi connectivity index (χ3v) is 3.50. The van der Waals surface area contributed by atoms with Crippen molar-refractivity contribution in [1.29, 1.82) is 0 Å². The van der Waals surface area contributed by atoms with Gasteiger partial charge in [-0.25, -0.2) is 0 Å². The highest BCUT2D eigenvalue weighted by Crippen LogP contribution is 2.16. The number of nitrogens with one attached hydrogen (secondary N) is 1. The molecule has 0 saturated carbocycles. The van der Waals surface area contributed by atoms with E-state index in [0.29, 0.717) is 6.04 Å². The molecule has 2 aliphatic rings. The maximum atomic E-state index is 12.0. The molecule has 2 rings (SSSR count). The van der Waals surface area contributed by atoms with Crippen LogP contribution in [0.25, 0.3) is 0 Å². The molecule has 4 nitrogen and oxygen atoms in total. The van der Waals surface area contributed by atoms with Crippen LogP contribution >= 0.6 is 0 Å². The fourth-order valence-corrected chi connectivity index (χ4v) is 2.60. The van der Waals surface area contributed by atoms with Gasteiger partial charge in [0.05, 0.1) is 6.04 Å². The first-order valence-corrected chi connectivity index (χ1v) is 5.91. The van der Waals surface area contributed by atoms with Crippen molar-refractivity contribution in [2.24, 2.45) is 0 Å². The monoisotopic (exact) mass is 211 g/mol. The van der Waals surface area contributed by atoms with Gasteiger partial charge in [-0.05, 0) is 33.4 Å². The zero-order chi connectivity index (χ0) is 10.8. The highest BCUT2D eigenvalue weighted by atomic mass is 16.2. The summed E-state index contributed by atoms with van der Waals surface area (Å²) in [5.41, 5.74) is 0. The SMILES string of the molecule is CC1NCCN(C2CCCN(C)C2)C1=O. The Labute approximate surface area is 91.6 Å². The number of rotatable bonds is 1. The molecule has 1 amide bonds. The Morgan fingerprint density at radius 1 is 1.40 bits per heavy atom. The third kappa shape index (κ3) is 2.32. The molecule has 0 aromatic rings. The first-order valence-electron chi connectivity index (χ1n) is 5.91. The van der Waals surface area contributed by atoms with Crippen LogP contribution in [0.1, 0.15) is 19.8 Å². The number of carbonyl (C=O) groups is 1. The topological polar surface area (TPSA) is 35.6 Å². The van der Waals surface area contributed by atoms with Crippen LogP contribution in [-0.4, -0.2) is 61.0 Å². The van der Waals surface area contributed by atoms with Crippen molar-refractivity contribution >= 4 is 5.91 Å². The van der Waals surface area contributed by atoms with Crippen molar-refractivity contribution < 1.29 is 4.79 Å². The molecule has 4 heteroatoms. The van der Waals surface area contributed by atoms with Gasteiger partial charge in [0.25, 0.3) is 0 Å². The van der Waals surface area contributed by atoms with Crippen LogP contribution in [0.15, 0.2) is 0 Å². The summed E-state index contributed by atoms with van der Waals surface area (Å²) in [6.45, 7) is 5.99.